The van der Waals surface area contributed by atoms with Crippen LogP contribution in [0.25, 0.3) is 5.69 Å². The highest BCUT2D eigenvalue weighted by atomic mass is 35.5. The number of nitrogens with zero attached hydrogens (tertiary/aromatic N) is 1. The molecule has 1 aliphatic rings. The van der Waals surface area contributed by atoms with Crippen LogP contribution in [0.1, 0.15) is 40.1 Å². The van der Waals surface area contributed by atoms with Gasteiger partial charge < -0.3 is 9.88 Å². The summed E-state index contributed by atoms with van der Waals surface area (Å²) in [5.41, 5.74) is 5.20. The summed E-state index contributed by atoms with van der Waals surface area (Å²) < 4.78 is 2.15. The Morgan fingerprint density at radius 2 is 1.92 bits per heavy atom. The summed E-state index contributed by atoms with van der Waals surface area (Å²) >= 11 is 6.46. The molecule has 24 heavy (non-hydrogen) atoms. The van der Waals surface area contributed by atoms with Gasteiger partial charge in [-0.05, 0) is 36.2 Å². The van der Waals surface area contributed by atoms with E-state index in [9.17, 15) is 4.79 Å². The van der Waals surface area contributed by atoms with E-state index >= 15 is 0 Å². The first-order chi connectivity index (χ1) is 11.6. The molecule has 0 saturated carbocycles. The second-order valence-corrected chi connectivity index (χ2v) is 6.45. The number of carbonyl (C=O) groups excluding carboxylic acids is 1. The van der Waals surface area contributed by atoms with Crippen LogP contribution in [0.4, 0.5) is 0 Å². The number of rotatable bonds is 2. The first-order valence-corrected chi connectivity index (χ1v) is 8.32. The van der Waals surface area contributed by atoms with Crippen LogP contribution >= 0.6 is 11.6 Å². The van der Waals surface area contributed by atoms with Gasteiger partial charge in [-0.3, -0.25) is 4.79 Å². The van der Waals surface area contributed by atoms with E-state index in [4.69, 9.17) is 11.6 Å². The molecule has 1 aromatic heterocycles. The standard InChI is InChI=1S/C20H17ClN2O/c1-13(24)14-7-9-15(10-8-14)19-18-6-3-11-23(18)20-16(12-22-19)4-2-5-17(20)21/h2-11,19,22H,12H2,1H3. The Bertz CT molecular complexity index is 912. The molecule has 0 radical (unpaired) electrons. The molecule has 3 aromatic rings. The first kappa shape index (κ1) is 15.2. The van der Waals surface area contributed by atoms with E-state index < -0.39 is 0 Å². The van der Waals surface area contributed by atoms with Crippen molar-refractivity contribution < 1.29 is 4.79 Å². The average Bonchev–Trinajstić information content (AvgIpc) is 2.98. The molecule has 120 valence electrons. The van der Waals surface area contributed by atoms with Crippen LogP contribution in [-0.2, 0) is 6.54 Å². The SMILES string of the molecule is CC(=O)c1ccc(C2NCc3cccc(Cl)c3-n3cccc32)cc1. The van der Waals surface area contributed by atoms with E-state index in [2.05, 4.69) is 22.0 Å². The highest BCUT2D eigenvalue weighted by Crippen LogP contribution is 2.34. The number of carbonyl (C=O) groups is 1. The zero-order chi connectivity index (χ0) is 16.7. The third-order valence-electron chi connectivity index (χ3n) is 4.53. The van der Waals surface area contributed by atoms with Gasteiger partial charge in [-0.15, -0.1) is 0 Å². The summed E-state index contributed by atoms with van der Waals surface area (Å²) in [5, 5.41) is 4.36. The molecule has 1 unspecified atom stereocenters. The predicted octanol–water partition coefficient (Wildman–Crippen LogP) is 4.53. The minimum atomic E-state index is 0.0458. The Balaban J connectivity index is 1.81. The molecular formula is C20H17ClN2O. The van der Waals surface area contributed by atoms with Crippen LogP contribution in [0.2, 0.25) is 5.02 Å². The monoisotopic (exact) mass is 336 g/mol. The molecule has 1 atom stereocenters. The van der Waals surface area contributed by atoms with Crippen molar-refractivity contribution in [3.63, 3.8) is 0 Å². The number of ketones is 1. The van der Waals surface area contributed by atoms with Gasteiger partial charge in [0.15, 0.2) is 5.78 Å². The lowest BCUT2D eigenvalue weighted by atomic mass is 10.0. The Kier molecular flexibility index (Phi) is 3.75. The number of para-hydroxylation sites is 1. The van der Waals surface area contributed by atoms with Crippen molar-refractivity contribution in [1.82, 2.24) is 9.88 Å². The molecule has 0 amide bonds. The number of hydrogen-bond acceptors (Lipinski definition) is 2. The number of Topliss-reactive ketones (excluding diaryl/α,β-unsaturated/α-hetero) is 1. The summed E-state index contributed by atoms with van der Waals surface area (Å²) in [6, 6.07) is 18.0. The van der Waals surface area contributed by atoms with Gasteiger partial charge in [0.25, 0.3) is 0 Å². The molecule has 0 aliphatic carbocycles. The maximum absolute atomic E-state index is 11.5. The lowest BCUT2D eigenvalue weighted by Gasteiger charge is -2.18. The second-order valence-electron chi connectivity index (χ2n) is 6.04. The fourth-order valence-corrected chi connectivity index (χ4v) is 3.61. The normalized spacial score (nSPS) is 16.2. The molecular weight excluding hydrogens is 320 g/mol. The fourth-order valence-electron chi connectivity index (χ4n) is 3.32. The maximum Gasteiger partial charge on any atom is 0.159 e. The molecule has 1 aliphatic heterocycles. The lowest BCUT2D eigenvalue weighted by Crippen LogP contribution is -2.21. The highest BCUT2D eigenvalue weighted by molar-refractivity contribution is 6.32. The third kappa shape index (κ3) is 2.46. The van der Waals surface area contributed by atoms with Crippen molar-refractivity contribution in [2.75, 3.05) is 0 Å². The number of aromatic nitrogens is 1. The molecule has 0 fully saturated rings. The molecule has 0 saturated heterocycles. The molecule has 4 heteroatoms. The highest BCUT2D eigenvalue weighted by Gasteiger charge is 2.24. The van der Waals surface area contributed by atoms with Crippen LogP contribution in [0.3, 0.4) is 0 Å². The summed E-state index contributed by atoms with van der Waals surface area (Å²) in [4.78, 5) is 11.5. The number of hydrogen-bond donors (Lipinski definition) is 1. The Labute approximate surface area is 145 Å². The second kappa shape index (κ2) is 5.93. The molecule has 3 nitrogen and oxygen atoms in total. The van der Waals surface area contributed by atoms with Gasteiger partial charge in [0.2, 0.25) is 0 Å². The Morgan fingerprint density at radius 1 is 1.12 bits per heavy atom. The zero-order valence-electron chi connectivity index (χ0n) is 13.3. The Hall–Kier alpha value is -2.36. The Morgan fingerprint density at radius 3 is 2.67 bits per heavy atom. The molecule has 1 N–H and O–H groups in total. The maximum atomic E-state index is 11.5. The molecule has 0 spiro atoms. The van der Waals surface area contributed by atoms with Gasteiger partial charge in [-0.25, -0.2) is 0 Å². The first-order valence-electron chi connectivity index (χ1n) is 7.94. The van der Waals surface area contributed by atoms with Gasteiger partial charge in [-0.2, -0.15) is 0 Å². The van der Waals surface area contributed by atoms with Crippen LogP contribution < -0.4 is 5.32 Å². The quantitative estimate of drug-likeness (QED) is 0.698. The number of fused-ring (bicyclic) bond motifs is 3. The van der Waals surface area contributed by atoms with E-state index in [1.54, 1.807) is 6.92 Å². The van der Waals surface area contributed by atoms with Crippen LogP contribution in [-0.4, -0.2) is 10.4 Å². The molecule has 2 heterocycles. The van der Waals surface area contributed by atoms with Gasteiger partial charge in [0.05, 0.1) is 16.8 Å². The predicted molar refractivity (Wildman–Crippen MR) is 95.9 cm³/mol. The minimum Gasteiger partial charge on any atom is -0.317 e. The van der Waals surface area contributed by atoms with Crippen LogP contribution in [0.15, 0.2) is 60.8 Å². The van der Waals surface area contributed by atoms with Gasteiger partial charge >= 0.3 is 0 Å². The minimum absolute atomic E-state index is 0.0458. The number of benzene rings is 2. The molecule has 2 aromatic carbocycles. The smallest absolute Gasteiger partial charge is 0.159 e. The van der Waals surface area contributed by atoms with E-state index in [1.807, 2.05) is 48.7 Å². The van der Waals surface area contributed by atoms with Crippen molar-refractivity contribution >= 4 is 17.4 Å². The summed E-state index contributed by atoms with van der Waals surface area (Å²) in [5.74, 6) is 0.0814. The van der Waals surface area contributed by atoms with Crippen molar-refractivity contribution in [3.05, 3.63) is 88.2 Å². The molecule has 0 bridgehead atoms. The van der Waals surface area contributed by atoms with E-state index in [-0.39, 0.29) is 11.8 Å². The number of halogens is 1. The summed E-state index contributed by atoms with van der Waals surface area (Å²) in [6.07, 6.45) is 2.05. The van der Waals surface area contributed by atoms with E-state index in [0.29, 0.717) is 0 Å². The van der Waals surface area contributed by atoms with Crippen molar-refractivity contribution in [2.45, 2.75) is 19.5 Å². The van der Waals surface area contributed by atoms with Crippen molar-refractivity contribution in [2.24, 2.45) is 0 Å². The topological polar surface area (TPSA) is 34.0 Å². The van der Waals surface area contributed by atoms with E-state index in [1.165, 1.54) is 5.56 Å². The fraction of sp³-hybridized carbons (Fsp3) is 0.150. The van der Waals surface area contributed by atoms with Gasteiger partial charge in [0.1, 0.15) is 0 Å². The third-order valence-corrected chi connectivity index (χ3v) is 4.84. The number of nitrogens with one attached hydrogen (secondary N) is 1. The zero-order valence-corrected chi connectivity index (χ0v) is 14.0. The molecule has 4 rings (SSSR count). The van der Waals surface area contributed by atoms with Gasteiger partial charge in [0, 0.05) is 24.0 Å². The van der Waals surface area contributed by atoms with Crippen molar-refractivity contribution in [3.8, 4) is 5.69 Å². The van der Waals surface area contributed by atoms with E-state index in [0.717, 1.165) is 34.1 Å². The lowest BCUT2D eigenvalue weighted by molar-refractivity contribution is 0.101. The van der Waals surface area contributed by atoms with Gasteiger partial charge in [-0.1, -0.05) is 48.0 Å². The van der Waals surface area contributed by atoms with Crippen molar-refractivity contribution in [1.29, 1.82) is 0 Å². The van der Waals surface area contributed by atoms with Crippen LogP contribution in [0.5, 0.6) is 0 Å². The summed E-state index contributed by atoms with van der Waals surface area (Å²) in [7, 11) is 0. The summed E-state index contributed by atoms with van der Waals surface area (Å²) in [6.45, 7) is 2.32. The van der Waals surface area contributed by atoms with Crippen LogP contribution in [0, 0.1) is 0 Å². The average molecular weight is 337 g/mol. The largest absolute Gasteiger partial charge is 0.317 e.